The summed E-state index contributed by atoms with van der Waals surface area (Å²) in [6.45, 7) is 3.03. The van der Waals surface area contributed by atoms with E-state index < -0.39 is 0 Å². The maximum absolute atomic E-state index is 9.44. The quantitative estimate of drug-likeness (QED) is 0.730. The molecule has 1 atom stereocenters. The number of nitrogens with one attached hydrogen (secondary N) is 2. The predicted octanol–water partition coefficient (Wildman–Crippen LogP) is 1.23. The third kappa shape index (κ3) is 3.25. The Morgan fingerprint density at radius 2 is 2.47 bits per heavy atom. The SMILES string of the molecule is Cl.Oc1cccnc1NCC1CCNC1. The Morgan fingerprint density at radius 1 is 1.60 bits per heavy atom. The van der Waals surface area contributed by atoms with Crippen molar-refractivity contribution in [1.29, 1.82) is 0 Å². The Labute approximate surface area is 95.5 Å². The summed E-state index contributed by atoms with van der Waals surface area (Å²) in [4.78, 5) is 4.06. The van der Waals surface area contributed by atoms with Crippen LogP contribution in [0, 0.1) is 5.92 Å². The van der Waals surface area contributed by atoms with Gasteiger partial charge in [-0.15, -0.1) is 12.4 Å². The van der Waals surface area contributed by atoms with Crippen molar-refractivity contribution in [2.24, 2.45) is 5.92 Å². The minimum Gasteiger partial charge on any atom is -0.504 e. The average Bonchev–Trinajstić information content (AvgIpc) is 2.69. The lowest BCUT2D eigenvalue weighted by atomic mass is 10.1. The van der Waals surface area contributed by atoms with Crippen LogP contribution in [0.2, 0.25) is 0 Å². The highest BCUT2D eigenvalue weighted by atomic mass is 35.5. The number of hydrogen-bond acceptors (Lipinski definition) is 4. The number of hydrogen-bond donors (Lipinski definition) is 3. The summed E-state index contributed by atoms with van der Waals surface area (Å²) < 4.78 is 0. The van der Waals surface area contributed by atoms with Gasteiger partial charge >= 0.3 is 0 Å². The van der Waals surface area contributed by atoms with Crippen LogP contribution in [0.15, 0.2) is 18.3 Å². The number of anilines is 1. The summed E-state index contributed by atoms with van der Waals surface area (Å²) in [6.07, 6.45) is 2.87. The van der Waals surface area contributed by atoms with Gasteiger partial charge in [-0.25, -0.2) is 4.98 Å². The zero-order chi connectivity index (χ0) is 9.80. The Kier molecular flexibility index (Phi) is 4.65. The van der Waals surface area contributed by atoms with Gasteiger partial charge in [0.15, 0.2) is 11.6 Å². The van der Waals surface area contributed by atoms with Crippen LogP contribution < -0.4 is 10.6 Å². The van der Waals surface area contributed by atoms with Crippen molar-refractivity contribution in [2.75, 3.05) is 25.0 Å². The van der Waals surface area contributed by atoms with Crippen LogP contribution in [0.3, 0.4) is 0 Å². The van der Waals surface area contributed by atoms with Gasteiger partial charge in [-0.1, -0.05) is 0 Å². The maximum Gasteiger partial charge on any atom is 0.168 e. The molecule has 0 spiro atoms. The Balaban J connectivity index is 0.00000112. The van der Waals surface area contributed by atoms with E-state index in [1.807, 2.05) is 0 Å². The molecule has 1 aromatic rings. The molecule has 15 heavy (non-hydrogen) atoms. The minimum atomic E-state index is 0. The predicted molar refractivity (Wildman–Crippen MR) is 62.6 cm³/mol. The highest BCUT2D eigenvalue weighted by molar-refractivity contribution is 5.85. The van der Waals surface area contributed by atoms with Crippen molar-refractivity contribution in [3.05, 3.63) is 18.3 Å². The zero-order valence-corrected chi connectivity index (χ0v) is 9.26. The molecule has 1 fully saturated rings. The molecule has 1 aliphatic heterocycles. The third-order valence-electron chi connectivity index (χ3n) is 2.51. The third-order valence-corrected chi connectivity index (χ3v) is 2.51. The second kappa shape index (κ2) is 5.78. The monoisotopic (exact) mass is 229 g/mol. The van der Waals surface area contributed by atoms with Crippen LogP contribution in [0.1, 0.15) is 6.42 Å². The summed E-state index contributed by atoms with van der Waals surface area (Å²) in [5, 5.41) is 15.9. The summed E-state index contributed by atoms with van der Waals surface area (Å²) in [5.74, 6) is 1.45. The van der Waals surface area contributed by atoms with Crippen molar-refractivity contribution < 1.29 is 5.11 Å². The van der Waals surface area contributed by atoms with Crippen LogP contribution in [0.5, 0.6) is 5.75 Å². The lowest BCUT2D eigenvalue weighted by Gasteiger charge is -2.10. The molecule has 2 heterocycles. The van der Waals surface area contributed by atoms with Crippen LogP contribution in [-0.2, 0) is 0 Å². The first kappa shape index (κ1) is 12.1. The van der Waals surface area contributed by atoms with E-state index in [2.05, 4.69) is 15.6 Å². The fourth-order valence-corrected chi connectivity index (χ4v) is 1.66. The molecule has 3 N–H and O–H groups in total. The molecule has 1 aliphatic rings. The van der Waals surface area contributed by atoms with Gasteiger partial charge in [-0.2, -0.15) is 0 Å². The van der Waals surface area contributed by atoms with E-state index >= 15 is 0 Å². The highest BCUT2D eigenvalue weighted by Crippen LogP contribution is 2.19. The van der Waals surface area contributed by atoms with E-state index in [1.165, 1.54) is 6.42 Å². The average molecular weight is 230 g/mol. The minimum absolute atomic E-state index is 0. The van der Waals surface area contributed by atoms with E-state index in [1.54, 1.807) is 18.3 Å². The van der Waals surface area contributed by atoms with Gasteiger partial charge in [-0.3, -0.25) is 0 Å². The molecule has 1 saturated heterocycles. The molecule has 1 aromatic heterocycles. The fourth-order valence-electron chi connectivity index (χ4n) is 1.66. The zero-order valence-electron chi connectivity index (χ0n) is 8.44. The Morgan fingerprint density at radius 3 is 3.13 bits per heavy atom. The summed E-state index contributed by atoms with van der Waals surface area (Å²) in [5.41, 5.74) is 0. The second-order valence-electron chi connectivity index (χ2n) is 3.61. The number of halogens is 1. The first-order valence-electron chi connectivity index (χ1n) is 4.95. The highest BCUT2D eigenvalue weighted by Gasteiger charge is 2.14. The molecule has 0 saturated carbocycles. The van der Waals surface area contributed by atoms with Gasteiger partial charge in [0.1, 0.15) is 0 Å². The number of aromatic hydroxyl groups is 1. The van der Waals surface area contributed by atoms with Gasteiger partial charge in [0.2, 0.25) is 0 Å². The van der Waals surface area contributed by atoms with Crippen LogP contribution in [0.25, 0.3) is 0 Å². The summed E-state index contributed by atoms with van der Waals surface area (Å²) >= 11 is 0. The van der Waals surface area contributed by atoms with Gasteiger partial charge in [0, 0.05) is 12.7 Å². The largest absolute Gasteiger partial charge is 0.504 e. The number of rotatable bonds is 3. The molecular formula is C10H16ClN3O. The molecule has 5 heteroatoms. The van der Waals surface area contributed by atoms with Crippen LogP contribution in [0.4, 0.5) is 5.82 Å². The number of nitrogens with zero attached hydrogens (tertiary/aromatic N) is 1. The lowest BCUT2D eigenvalue weighted by Crippen LogP contribution is -2.17. The molecular weight excluding hydrogens is 214 g/mol. The van der Waals surface area contributed by atoms with Crippen molar-refractivity contribution in [3.8, 4) is 5.75 Å². The maximum atomic E-state index is 9.44. The Hall–Kier alpha value is -1.00. The number of pyridine rings is 1. The number of aromatic nitrogens is 1. The van der Waals surface area contributed by atoms with Gasteiger partial charge in [-0.05, 0) is 37.6 Å². The molecule has 0 aromatic carbocycles. The lowest BCUT2D eigenvalue weighted by molar-refractivity contribution is 0.474. The molecule has 84 valence electrons. The van der Waals surface area contributed by atoms with Crippen LogP contribution >= 0.6 is 12.4 Å². The molecule has 0 radical (unpaired) electrons. The normalized spacial score (nSPS) is 19.6. The van der Waals surface area contributed by atoms with Gasteiger partial charge in [0.25, 0.3) is 0 Å². The molecule has 0 bridgehead atoms. The van der Waals surface area contributed by atoms with Crippen molar-refractivity contribution >= 4 is 18.2 Å². The first-order chi connectivity index (χ1) is 6.86. The molecule has 4 nitrogen and oxygen atoms in total. The first-order valence-corrected chi connectivity index (χ1v) is 4.95. The van der Waals surface area contributed by atoms with Gasteiger partial charge in [0.05, 0.1) is 0 Å². The summed E-state index contributed by atoms with van der Waals surface area (Å²) in [7, 11) is 0. The second-order valence-corrected chi connectivity index (χ2v) is 3.61. The van der Waals surface area contributed by atoms with Crippen molar-refractivity contribution in [3.63, 3.8) is 0 Å². The standard InChI is InChI=1S/C10H15N3O.ClH/c14-9-2-1-4-12-10(9)13-7-8-3-5-11-6-8;/h1-2,4,8,11,14H,3,5-7H2,(H,12,13);1H. The summed E-state index contributed by atoms with van der Waals surface area (Å²) in [6, 6.07) is 3.36. The molecule has 0 aliphatic carbocycles. The Bertz CT molecular complexity index is 302. The van der Waals surface area contributed by atoms with Gasteiger partial charge < -0.3 is 15.7 Å². The van der Waals surface area contributed by atoms with E-state index in [0.29, 0.717) is 11.7 Å². The van der Waals surface area contributed by atoms with E-state index in [9.17, 15) is 5.11 Å². The van der Waals surface area contributed by atoms with E-state index in [-0.39, 0.29) is 18.2 Å². The fraction of sp³-hybridized carbons (Fsp3) is 0.500. The van der Waals surface area contributed by atoms with Crippen molar-refractivity contribution in [1.82, 2.24) is 10.3 Å². The topological polar surface area (TPSA) is 57.2 Å². The molecule has 0 amide bonds. The molecule has 1 unspecified atom stereocenters. The smallest absolute Gasteiger partial charge is 0.168 e. The van der Waals surface area contributed by atoms with E-state index in [4.69, 9.17) is 0 Å². The molecule has 2 rings (SSSR count). The van der Waals surface area contributed by atoms with Crippen LogP contribution in [-0.4, -0.2) is 29.7 Å². The van der Waals surface area contributed by atoms with E-state index in [0.717, 1.165) is 19.6 Å². The van der Waals surface area contributed by atoms with Crippen molar-refractivity contribution in [2.45, 2.75) is 6.42 Å².